The summed E-state index contributed by atoms with van der Waals surface area (Å²) in [4.78, 5) is 0. The minimum absolute atomic E-state index is 0.116. The van der Waals surface area contributed by atoms with Crippen molar-refractivity contribution in [3.8, 4) is 5.75 Å². The van der Waals surface area contributed by atoms with E-state index in [1.807, 2.05) is 6.07 Å². The monoisotopic (exact) mass is 280 g/mol. The van der Waals surface area contributed by atoms with Crippen LogP contribution in [0.1, 0.15) is 44.6 Å². The van der Waals surface area contributed by atoms with Gasteiger partial charge in [-0.25, -0.2) is 4.39 Å². The zero-order valence-corrected chi connectivity index (χ0v) is 12.8. The number of hydrogen-bond donors (Lipinski definition) is 0. The van der Waals surface area contributed by atoms with Crippen LogP contribution in [0.4, 0.5) is 4.39 Å². The molecule has 1 aliphatic heterocycles. The molecule has 104 valence electrons. The van der Waals surface area contributed by atoms with Crippen LogP contribution in [0.15, 0.2) is 12.1 Å². The van der Waals surface area contributed by atoms with Crippen LogP contribution >= 0.6 is 8.58 Å². The smallest absolute Gasteiger partial charge is 0.165 e. The van der Waals surface area contributed by atoms with Crippen LogP contribution in [-0.2, 0) is 5.41 Å². The number of fused-ring (bicyclic) bond motifs is 3. The van der Waals surface area contributed by atoms with Gasteiger partial charge in [0.25, 0.3) is 0 Å². The summed E-state index contributed by atoms with van der Waals surface area (Å²) >= 11 is 0. The summed E-state index contributed by atoms with van der Waals surface area (Å²) in [5.41, 5.74) is 1.30. The van der Waals surface area contributed by atoms with Crippen molar-refractivity contribution in [1.82, 2.24) is 0 Å². The van der Waals surface area contributed by atoms with Crippen molar-refractivity contribution >= 4 is 13.9 Å². The van der Waals surface area contributed by atoms with Crippen molar-refractivity contribution in [2.45, 2.75) is 44.4 Å². The molecule has 0 radical (unpaired) electrons. The van der Waals surface area contributed by atoms with Gasteiger partial charge < -0.3 is 4.74 Å². The maximum Gasteiger partial charge on any atom is 0.165 e. The second kappa shape index (κ2) is 5.05. The Hall–Kier alpha value is -0.620. The lowest BCUT2D eigenvalue weighted by molar-refractivity contribution is 0.127. The third kappa shape index (κ3) is 2.09. The van der Waals surface area contributed by atoms with Crippen molar-refractivity contribution in [1.29, 1.82) is 0 Å². The lowest BCUT2D eigenvalue weighted by atomic mass is 9.67. The molecule has 0 saturated heterocycles. The Labute approximate surface area is 116 Å². The summed E-state index contributed by atoms with van der Waals surface area (Å²) in [6.45, 7) is 5.21. The second-order valence-electron chi connectivity index (χ2n) is 6.07. The lowest BCUT2D eigenvalue weighted by Gasteiger charge is -2.43. The largest absolute Gasteiger partial charge is 0.490 e. The van der Waals surface area contributed by atoms with Crippen molar-refractivity contribution in [3.05, 3.63) is 23.5 Å². The first-order chi connectivity index (χ1) is 9.16. The molecule has 19 heavy (non-hydrogen) atoms. The van der Waals surface area contributed by atoms with Crippen LogP contribution in [-0.4, -0.2) is 13.3 Å². The first-order valence-electron chi connectivity index (χ1n) is 7.30. The maximum absolute atomic E-state index is 14.1. The average Bonchev–Trinajstić information content (AvgIpc) is 2.61. The zero-order valence-electron chi connectivity index (χ0n) is 11.8. The molecule has 0 bridgehead atoms. The van der Waals surface area contributed by atoms with E-state index in [0.717, 1.165) is 0 Å². The van der Waals surface area contributed by atoms with Gasteiger partial charge in [-0.1, -0.05) is 40.8 Å². The van der Waals surface area contributed by atoms with Gasteiger partial charge in [-0.15, -0.1) is 0 Å². The molecule has 1 saturated carbocycles. The van der Waals surface area contributed by atoms with Crippen molar-refractivity contribution in [2.75, 3.05) is 13.3 Å². The number of halogens is 1. The van der Waals surface area contributed by atoms with Crippen LogP contribution in [0.5, 0.6) is 5.75 Å². The highest BCUT2D eigenvalue weighted by molar-refractivity contribution is 7.46. The molecule has 3 rings (SSSR count). The molecular weight excluding hydrogens is 258 g/mol. The summed E-state index contributed by atoms with van der Waals surface area (Å²) in [6.07, 6.45) is 6.25. The Bertz CT molecular complexity index is 488. The van der Waals surface area contributed by atoms with E-state index in [9.17, 15) is 4.39 Å². The first-order valence-corrected chi connectivity index (χ1v) is 8.80. The predicted octanol–water partition coefficient (Wildman–Crippen LogP) is 3.99. The van der Waals surface area contributed by atoms with Crippen molar-refractivity contribution < 1.29 is 9.13 Å². The Morgan fingerprint density at radius 2 is 2.16 bits per heavy atom. The van der Waals surface area contributed by atoms with Gasteiger partial charge in [0, 0.05) is 16.9 Å². The van der Waals surface area contributed by atoms with Gasteiger partial charge in [-0.05, 0) is 30.9 Å². The summed E-state index contributed by atoms with van der Waals surface area (Å²) in [7, 11) is 0.701. The second-order valence-corrected chi connectivity index (χ2v) is 7.11. The summed E-state index contributed by atoms with van der Waals surface area (Å²) in [6, 6.07) is 3.54. The van der Waals surface area contributed by atoms with Crippen molar-refractivity contribution in [3.63, 3.8) is 0 Å². The zero-order chi connectivity index (χ0) is 13.5. The Morgan fingerprint density at radius 3 is 2.95 bits per heavy atom. The van der Waals surface area contributed by atoms with E-state index in [1.54, 1.807) is 6.07 Å². The van der Waals surface area contributed by atoms with E-state index < -0.39 is 0 Å². The minimum atomic E-state index is -0.180. The molecule has 1 aliphatic carbocycles. The Balaban J connectivity index is 2.17. The molecule has 2 aliphatic rings. The molecule has 3 atom stereocenters. The fourth-order valence-corrected chi connectivity index (χ4v) is 4.74. The Morgan fingerprint density at radius 1 is 1.32 bits per heavy atom. The van der Waals surface area contributed by atoms with Crippen LogP contribution in [0, 0.1) is 11.7 Å². The molecule has 0 N–H and O–H groups in total. The van der Waals surface area contributed by atoms with Crippen LogP contribution in [0.3, 0.4) is 0 Å². The Kier molecular flexibility index (Phi) is 3.55. The number of benzene rings is 1. The number of rotatable bonds is 1. The fourth-order valence-electron chi connectivity index (χ4n) is 3.84. The molecule has 1 aromatic carbocycles. The standard InChI is InChI=1S/C16H22FOP/c1-16-9-5-3-4-6-11(16)10-18-15-12(17)7-8-13(19-2)14(15)16/h7-8,11,19H,3-6,9-10H2,1-2H3/t11?,16-/m0/s1. The normalized spacial score (nSPS) is 30.6. The first kappa shape index (κ1) is 13.4. The van der Waals surface area contributed by atoms with Crippen LogP contribution < -0.4 is 10.0 Å². The van der Waals surface area contributed by atoms with Gasteiger partial charge in [-0.3, -0.25) is 0 Å². The number of ether oxygens (including phenoxy) is 1. The van der Waals surface area contributed by atoms with E-state index in [1.165, 1.54) is 43.0 Å². The van der Waals surface area contributed by atoms with Gasteiger partial charge in [0.05, 0.1) is 6.61 Å². The highest BCUT2D eigenvalue weighted by atomic mass is 31.1. The van der Waals surface area contributed by atoms with Crippen molar-refractivity contribution in [2.24, 2.45) is 5.92 Å². The van der Waals surface area contributed by atoms with Gasteiger partial charge in [0.2, 0.25) is 0 Å². The van der Waals surface area contributed by atoms with Gasteiger partial charge in [-0.2, -0.15) is 0 Å². The topological polar surface area (TPSA) is 9.23 Å². The lowest BCUT2D eigenvalue weighted by Crippen LogP contribution is -2.42. The number of hydrogen-bond acceptors (Lipinski definition) is 1. The van der Waals surface area contributed by atoms with Crippen LogP contribution in [0.2, 0.25) is 0 Å². The molecule has 0 aromatic heterocycles. The van der Waals surface area contributed by atoms with E-state index >= 15 is 0 Å². The van der Waals surface area contributed by atoms with Gasteiger partial charge >= 0.3 is 0 Å². The highest BCUT2D eigenvalue weighted by Crippen LogP contribution is 2.49. The SMILES string of the molecule is CPc1ccc(F)c2c1[C@@]1(C)CCCCCC1CO2. The molecule has 2 unspecified atom stereocenters. The molecule has 1 heterocycles. The fraction of sp³-hybridized carbons (Fsp3) is 0.625. The summed E-state index contributed by atoms with van der Waals surface area (Å²) < 4.78 is 19.9. The minimum Gasteiger partial charge on any atom is -0.490 e. The summed E-state index contributed by atoms with van der Waals surface area (Å²) in [5.74, 6) is 0.924. The third-order valence-corrected chi connectivity index (χ3v) is 5.98. The molecule has 0 amide bonds. The molecule has 1 fully saturated rings. The van der Waals surface area contributed by atoms with Gasteiger partial charge in [0.1, 0.15) is 0 Å². The van der Waals surface area contributed by atoms with Crippen LogP contribution in [0.25, 0.3) is 0 Å². The van der Waals surface area contributed by atoms with E-state index in [4.69, 9.17) is 4.74 Å². The predicted molar refractivity (Wildman–Crippen MR) is 79.7 cm³/mol. The highest BCUT2D eigenvalue weighted by Gasteiger charge is 2.44. The molecule has 1 nitrogen and oxygen atoms in total. The molecule has 3 heteroatoms. The molecule has 0 spiro atoms. The van der Waals surface area contributed by atoms with E-state index in [0.29, 0.717) is 26.9 Å². The quantitative estimate of drug-likeness (QED) is 0.707. The molecular formula is C16H22FOP. The maximum atomic E-state index is 14.1. The molecule has 1 aromatic rings. The average molecular weight is 280 g/mol. The van der Waals surface area contributed by atoms with E-state index in [2.05, 4.69) is 13.6 Å². The van der Waals surface area contributed by atoms with Gasteiger partial charge in [0.15, 0.2) is 11.6 Å². The van der Waals surface area contributed by atoms with E-state index in [-0.39, 0.29) is 11.2 Å². The summed E-state index contributed by atoms with van der Waals surface area (Å²) in [5, 5.41) is 1.30. The third-order valence-electron chi connectivity index (χ3n) is 5.03.